The zero-order valence-corrected chi connectivity index (χ0v) is 14.1. The van der Waals surface area contributed by atoms with Crippen LogP contribution < -0.4 is 15.4 Å². The largest absolute Gasteiger partial charge is 0.494 e. The smallest absolute Gasteiger partial charge is 0.255 e. The second-order valence-corrected chi connectivity index (χ2v) is 5.62. The Bertz CT molecular complexity index is 726. The molecule has 126 valence electrons. The molecule has 0 heterocycles. The van der Waals surface area contributed by atoms with Crippen molar-refractivity contribution in [3.05, 3.63) is 59.7 Å². The number of ether oxygens (including phenoxy) is 1. The minimum absolute atomic E-state index is 0.0528. The van der Waals surface area contributed by atoms with Crippen LogP contribution in [0, 0.1) is 0 Å². The fourth-order valence-corrected chi connectivity index (χ4v) is 2.18. The van der Waals surface area contributed by atoms with Crippen molar-refractivity contribution >= 4 is 17.5 Å². The quantitative estimate of drug-likeness (QED) is 0.854. The maximum atomic E-state index is 12.4. The summed E-state index contributed by atoms with van der Waals surface area (Å²) in [6.45, 7) is 6.22. The molecule has 0 unspecified atom stereocenters. The van der Waals surface area contributed by atoms with Crippen LogP contribution in [0.1, 0.15) is 41.5 Å². The first kappa shape index (κ1) is 17.5. The van der Waals surface area contributed by atoms with Crippen molar-refractivity contribution in [2.24, 2.45) is 0 Å². The summed E-state index contributed by atoms with van der Waals surface area (Å²) in [7, 11) is 0. The van der Waals surface area contributed by atoms with E-state index in [1.165, 1.54) is 0 Å². The molecule has 24 heavy (non-hydrogen) atoms. The minimum Gasteiger partial charge on any atom is -0.494 e. The van der Waals surface area contributed by atoms with Crippen LogP contribution in [0.3, 0.4) is 0 Å². The second-order valence-electron chi connectivity index (χ2n) is 5.62. The van der Waals surface area contributed by atoms with Crippen molar-refractivity contribution in [1.29, 1.82) is 0 Å². The Hall–Kier alpha value is -2.82. The number of nitrogens with one attached hydrogen (secondary N) is 2. The lowest BCUT2D eigenvalue weighted by atomic mass is 10.1. The predicted molar refractivity (Wildman–Crippen MR) is 94.6 cm³/mol. The highest BCUT2D eigenvalue weighted by Gasteiger charge is 2.10. The van der Waals surface area contributed by atoms with Gasteiger partial charge >= 0.3 is 0 Å². The van der Waals surface area contributed by atoms with E-state index in [2.05, 4.69) is 10.6 Å². The molecule has 5 heteroatoms. The molecule has 0 aliphatic rings. The molecular weight excluding hydrogens is 304 g/mol. The van der Waals surface area contributed by atoms with E-state index in [0.29, 0.717) is 29.2 Å². The van der Waals surface area contributed by atoms with E-state index < -0.39 is 0 Å². The van der Waals surface area contributed by atoms with Crippen molar-refractivity contribution in [3.63, 3.8) is 0 Å². The summed E-state index contributed by atoms with van der Waals surface area (Å²) in [6.07, 6.45) is 0. The summed E-state index contributed by atoms with van der Waals surface area (Å²) < 4.78 is 5.40. The number of amides is 2. The summed E-state index contributed by atoms with van der Waals surface area (Å²) in [6, 6.07) is 13.9. The molecule has 5 nitrogen and oxygen atoms in total. The number of carbonyl (C=O) groups excluding carboxylic acids is 2. The molecule has 0 saturated heterocycles. The highest BCUT2D eigenvalue weighted by molar-refractivity contribution is 6.05. The number of hydrogen-bond donors (Lipinski definition) is 2. The number of benzene rings is 2. The molecule has 2 aromatic carbocycles. The number of anilines is 1. The summed E-state index contributed by atoms with van der Waals surface area (Å²) in [5.41, 5.74) is 1.57. The third-order valence-corrected chi connectivity index (χ3v) is 3.21. The first-order valence-electron chi connectivity index (χ1n) is 7.94. The van der Waals surface area contributed by atoms with Crippen LogP contribution in [0.2, 0.25) is 0 Å². The predicted octanol–water partition coefficient (Wildman–Crippen LogP) is 3.48. The van der Waals surface area contributed by atoms with Gasteiger partial charge < -0.3 is 15.4 Å². The average molecular weight is 326 g/mol. The van der Waals surface area contributed by atoms with Crippen LogP contribution in [0.4, 0.5) is 5.69 Å². The van der Waals surface area contributed by atoms with Gasteiger partial charge in [-0.25, -0.2) is 0 Å². The highest BCUT2D eigenvalue weighted by atomic mass is 16.5. The van der Waals surface area contributed by atoms with Crippen molar-refractivity contribution in [3.8, 4) is 5.75 Å². The standard InChI is InChI=1S/C19H22N2O3/c1-4-24-17-10-6-8-15(12-17)19(23)21-16-9-5-7-14(11-16)18(22)20-13(2)3/h5-13H,4H2,1-3H3,(H,20,22)(H,21,23). The van der Waals surface area contributed by atoms with Crippen molar-refractivity contribution in [2.45, 2.75) is 26.8 Å². The van der Waals surface area contributed by atoms with E-state index >= 15 is 0 Å². The molecule has 0 fully saturated rings. The highest BCUT2D eigenvalue weighted by Crippen LogP contribution is 2.16. The second kappa shape index (κ2) is 8.15. The summed E-state index contributed by atoms with van der Waals surface area (Å²) in [5, 5.41) is 5.63. The van der Waals surface area contributed by atoms with E-state index in [-0.39, 0.29) is 17.9 Å². The number of carbonyl (C=O) groups is 2. The maximum Gasteiger partial charge on any atom is 0.255 e. The Morgan fingerprint density at radius 3 is 2.33 bits per heavy atom. The van der Waals surface area contributed by atoms with Gasteiger partial charge in [0.25, 0.3) is 11.8 Å². The van der Waals surface area contributed by atoms with Crippen molar-refractivity contribution in [1.82, 2.24) is 5.32 Å². The Morgan fingerprint density at radius 2 is 1.67 bits per heavy atom. The van der Waals surface area contributed by atoms with Gasteiger partial charge in [-0.15, -0.1) is 0 Å². The fourth-order valence-electron chi connectivity index (χ4n) is 2.18. The van der Waals surface area contributed by atoms with E-state index in [0.717, 1.165) is 0 Å². The normalized spacial score (nSPS) is 10.3. The Balaban J connectivity index is 2.11. The molecule has 2 aromatic rings. The molecular formula is C19H22N2O3. The monoisotopic (exact) mass is 326 g/mol. The molecule has 2 N–H and O–H groups in total. The van der Waals surface area contributed by atoms with Crippen LogP contribution in [0.15, 0.2) is 48.5 Å². The topological polar surface area (TPSA) is 67.4 Å². The third kappa shape index (κ3) is 4.84. The van der Waals surface area contributed by atoms with E-state index in [1.807, 2.05) is 20.8 Å². The number of rotatable bonds is 6. The first-order chi connectivity index (χ1) is 11.5. The molecule has 0 aliphatic heterocycles. The average Bonchev–Trinajstić information content (AvgIpc) is 2.55. The molecule has 0 radical (unpaired) electrons. The lowest BCUT2D eigenvalue weighted by molar-refractivity contribution is 0.0942. The summed E-state index contributed by atoms with van der Waals surface area (Å²) in [5.74, 6) is 0.229. The SMILES string of the molecule is CCOc1cccc(C(=O)Nc2cccc(C(=O)NC(C)C)c2)c1. The van der Waals surface area contributed by atoms with Gasteiger partial charge in [-0.3, -0.25) is 9.59 Å². The van der Waals surface area contributed by atoms with Gasteiger partial charge in [0.15, 0.2) is 0 Å². The molecule has 2 amide bonds. The maximum absolute atomic E-state index is 12.4. The Kier molecular flexibility index (Phi) is 5.95. The molecule has 0 spiro atoms. The molecule has 0 bridgehead atoms. The van der Waals surface area contributed by atoms with Gasteiger partial charge in [-0.1, -0.05) is 12.1 Å². The van der Waals surface area contributed by atoms with Crippen LogP contribution in [0.25, 0.3) is 0 Å². The van der Waals surface area contributed by atoms with E-state index in [4.69, 9.17) is 4.74 Å². The molecule has 0 aromatic heterocycles. The minimum atomic E-state index is -0.252. The zero-order chi connectivity index (χ0) is 17.5. The first-order valence-corrected chi connectivity index (χ1v) is 7.94. The Labute approximate surface area is 142 Å². The lowest BCUT2D eigenvalue weighted by Gasteiger charge is -2.11. The number of hydrogen-bond acceptors (Lipinski definition) is 3. The Morgan fingerprint density at radius 1 is 1.00 bits per heavy atom. The van der Waals surface area contributed by atoms with Gasteiger partial charge in [-0.05, 0) is 57.2 Å². The molecule has 2 rings (SSSR count). The van der Waals surface area contributed by atoms with Gasteiger partial charge in [-0.2, -0.15) is 0 Å². The molecule has 0 saturated carbocycles. The van der Waals surface area contributed by atoms with Crippen molar-refractivity contribution < 1.29 is 14.3 Å². The van der Waals surface area contributed by atoms with Gasteiger partial charge in [0.1, 0.15) is 5.75 Å². The fraction of sp³-hybridized carbons (Fsp3) is 0.263. The van der Waals surface area contributed by atoms with Gasteiger partial charge in [0, 0.05) is 22.9 Å². The summed E-state index contributed by atoms with van der Waals surface area (Å²) in [4.78, 5) is 24.4. The van der Waals surface area contributed by atoms with Crippen molar-refractivity contribution in [2.75, 3.05) is 11.9 Å². The third-order valence-electron chi connectivity index (χ3n) is 3.21. The molecule has 0 aliphatic carbocycles. The summed E-state index contributed by atoms with van der Waals surface area (Å²) >= 11 is 0. The van der Waals surface area contributed by atoms with Crippen LogP contribution in [0.5, 0.6) is 5.75 Å². The van der Waals surface area contributed by atoms with E-state index in [1.54, 1.807) is 48.5 Å². The van der Waals surface area contributed by atoms with Gasteiger partial charge in [0.05, 0.1) is 6.61 Å². The van der Waals surface area contributed by atoms with Gasteiger partial charge in [0.2, 0.25) is 0 Å². The lowest BCUT2D eigenvalue weighted by Crippen LogP contribution is -2.30. The van der Waals surface area contributed by atoms with Crippen LogP contribution in [-0.2, 0) is 0 Å². The van der Waals surface area contributed by atoms with Crippen LogP contribution in [-0.4, -0.2) is 24.5 Å². The van der Waals surface area contributed by atoms with Crippen LogP contribution >= 0.6 is 0 Å². The van der Waals surface area contributed by atoms with E-state index in [9.17, 15) is 9.59 Å². The zero-order valence-electron chi connectivity index (χ0n) is 14.1. The molecule has 0 atom stereocenters.